The second kappa shape index (κ2) is 5.67. The minimum absolute atomic E-state index is 0.158. The molecule has 0 bridgehead atoms. The number of hydrogen-bond acceptors (Lipinski definition) is 1. The van der Waals surface area contributed by atoms with E-state index in [9.17, 15) is 4.79 Å². The smallest absolute Gasteiger partial charge is 0.246 e. The lowest BCUT2D eigenvalue weighted by molar-refractivity contribution is -0.126. The third-order valence-corrected chi connectivity index (χ3v) is 3.24. The van der Waals surface area contributed by atoms with Crippen molar-refractivity contribution in [2.45, 2.75) is 26.2 Å². The second-order valence-corrected chi connectivity index (χ2v) is 4.58. The fourth-order valence-corrected chi connectivity index (χ4v) is 2.18. The highest BCUT2D eigenvalue weighted by Crippen LogP contribution is 2.15. The van der Waals surface area contributed by atoms with E-state index in [2.05, 4.69) is 0 Å². The highest BCUT2D eigenvalue weighted by molar-refractivity contribution is 5.94. The van der Waals surface area contributed by atoms with Crippen molar-refractivity contribution in [2.24, 2.45) is 0 Å². The molecule has 0 aliphatic carbocycles. The molecule has 90 valence electrons. The second-order valence-electron chi connectivity index (χ2n) is 4.58. The van der Waals surface area contributed by atoms with Crippen molar-refractivity contribution in [1.29, 1.82) is 0 Å². The Morgan fingerprint density at radius 2 is 1.76 bits per heavy atom. The van der Waals surface area contributed by atoms with Crippen LogP contribution in [0.3, 0.4) is 0 Å². The SMILES string of the molecule is C/C(=C\C(=O)N1CCCCC1)c1ccccc1. The van der Waals surface area contributed by atoms with Gasteiger partial charge < -0.3 is 4.90 Å². The summed E-state index contributed by atoms with van der Waals surface area (Å²) in [5.41, 5.74) is 2.17. The number of benzene rings is 1. The first kappa shape index (κ1) is 11.9. The number of piperidine rings is 1. The van der Waals surface area contributed by atoms with Gasteiger partial charge in [0.1, 0.15) is 0 Å². The molecular weight excluding hydrogens is 210 g/mol. The zero-order valence-corrected chi connectivity index (χ0v) is 10.4. The van der Waals surface area contributed by atoms with Gasteiger partial charge in [0.25, 0.3) is 0 Å². The van der Waals surface area contributed by atoms with Crippen LogP contribution in [0.4, 0.5) is 0 Å². The monoisotopic (exact) mass is 229 g/mol. The molecule has 2 nitrogen and oxygen atoms in total. The summed E-state index contributed by atoms with van der Waals surface area (Å²) >= 11 is 0. The average Bonchev–Trinajstić information content (AvgIpc) is 2.40. The summed E-state index contributed by atoms with van der Waals surface area (Å²) in [5.74, 6) is 0.158. The fraction of sp³-hybridized carbons (Fsp3) is 0.400. The molecule has 2 heteroatoms. The molecule has 0 saturated carbocycles. The van der Waals surface area contributed by atoms with Crippen molar-refractivity contribution in [1.82, 2.24) is 4.90 Å². The zero-order valence-electron chi connectivity index (χ0n) is 10.4. The highest BCUT2D eigenvalue weighted by Gasteiger charge is 2.14. The largest absolute Gasteiger partial charge is 0.339 e. The zero-order chi connectivity index (χ0) is 12.1. The van der Waals surface area contributed by atoms with Gasteiger partial charge >= 0.3 is 0 Å². The Kier molecular flexibility index (Phi) is 3.97. The topological polar surface area (TPSA) is 20.3 Å². The van der Waals surface area contributed by atoms with Gasteiger partial charge in [-0.1, -0.05) is 30.3 Å². The summed E-state index contributed by atoms with van der Waals surface area (Å²) in [4.78, 5) is 14.0. The van der Waals surface area contributed by atoms with E-state index >= 15 is 0 Å². The van der Waals surface area contributed by atoms with Crippen LogP contribution >= 0.6 is 0 Å². The number of carbonyl (C=O) groups is 1. The maximum Gasteiger partial charge on any atom is 0.246 e. The summed E-state index contributed by atoms with van der Waals surface area (Å²) in [6.07, 6.45) is 5.31. The van der Waals surface area contributed by atoms with Crippen LogP contribution in [-0.2, 0) is 4.79 Å². The fourth-order valence-electron chi connectivity index (χ4n) is 2.18. The van der Waals surface area contributed by atoms with Crippen LogP contribution in [0.1, 0.15) is 31.7 Å². The average molecular weight is 229 g/mol. The minimum Gasteiger partial charge on any atom is -0.339 e. The van der Waals surface area contributed by atoms with Gasteiger partial charge in [0, 0.05) is 19.2 Å². The predicted molar refractivity (Wildman–Crippen MR) is 70.5 cm³/mol. The Balaban J connectivity index is 2.05. The summed E-state index contributed by atoms with van der Waals surface area (Å²) in [5, 5.41) is 0. The van der Waals surface area contributed by atoms with Crippen LogP contribution in [0.15, 0.2) is 36.4 Å². The van der Waals surface area contributed by atoms with Gasteiger partial charge in [0.05, 0.1) is 0 Å². The molecule has 1 aromatic carbocycles. The number of likely N-dealkylation sites (tertiary alicyclic amines) is 1. The van der Waals surface area contributed by atoms with Crippen LogP contribution in [0, 0.1) is 0 Å². The lowest BCUT2D eigenvalue weighted by atomic mass is 10.1. The molecule has 1 aromatic rings. The molecule has 0 N–H and O–H groups in total. The van der Waals surface area contributed by atoms with E-state index < -0.39 is 0 Å². The van der Waals surface area contributed by atoms with E-state index in [0.717, 1.165) is 37.1 Å². The van der Waals surface area contributed by atoms with Gasteiger partial charge in [-0.05, 0) is 37.3 Å². The van der Waals surface area contributed by atoms with E-state index in [1.165, 1.54) is 6.42 Å². The number of rotatable bonds is 2. The molecule has 1 amide bonds. The normalized spacial score (nSPS) is 17.0. The lowest BCUT2D eigenvalue weighted by Crippen LogP contribution is -2.34. The molecule has 1 saturated heterocycles. The molecule has 1 aliphatic heterocycles. The first-order valence-corrected chi connectivity index (χ1v) is 6.30. The maximum absolute atomic E-state index is 12.0. The van der Waals surface area contributed by atoms with Crippen LogP contribution < -0.4 is 0 Å². The number of allylic oxidation sites excluding steroid dienone is 1. The van der Waals surface area contributed by atoms with Crippen LogP contribution in [0.25, 0.3) is 5.57 Å². The van der Waals surface area contributed by atoms with E-state index in [-0.39, 0.29) is 5.91 Å². The minimum atomic E-state index is 0.158. The molecule has 0 aromatic heterocycles. The van der Waals surface area contributed by atoms with E-state index in [0.29, 0.717) is 0 Å². The molecule has 0 spiro atoms. The third kappa shape index (κ3) is 3.19. The van der Waals surface area contributed by atoms with E-state index in [1.807, 2.05) is 42.2 Å². The first-order valence-electron chi connectivity index (χ1n) is 6.30. The summed E-state index contributed by atoms with van der Waals surface area (Å²) in [6.45, 7) is 3.83. The molecule has 1 aliphatic rings. The quantitative estimate of drug-likeness (QED) is 0.714. The van der Waals surface area contributed by atoms with Gasteiger partial charge in [0.15, 0.2) is 0 Å². The molecule has 1 fully saturated rings. The van der Waals surface area contributed by atoms with Gasteiger partial charge in [-0.2, -0.15) is 0 Å². The van der Waals surface area contributed by atoms with Gasteiger partial charge in [0.2, 0.25) is 5.91 Å². The Bertz CT molecular complexity index is 402. The van der Waals surface area contributed by atoms with Crippen LogP contribution in [-0.4, -0.2) is 23.9 Å². The Labute approximate surface area is 103 Å². The Morgan fingerprint density at radius 1 is 1.12 bits per heavy atom. The molecular formula is C15H19NO. The van der Waals surface area contributed by atoms with Gasteiger partial charge in [-0.25, -0.2) is 0 Å². The summed E-state index contributed by atoms with van der Waals surface area (Å²) in [6, 6.07) is 10.1. The Morgan fingerprint density at radius 3 is 2.41 bits per heavy atom. The molecule has 0 radical (unpaired) electrons. The number of nitrogens with zero attached hydrogens (tertiary/aromatic N) is 1. The van der Waals surface area contributed by atoms with Gasteiger partial charge in [-0.15, -0.1) is 0 Å². The van der Waals surface area contributed by atoms with Crippen molar-refractivity contribution in [3.8, 4) is 0 Å². The number of amides is 1. The highest BCUT2D eigenvalue weighted by atomic mass is 16.2. The van der Waals surface area contributed by atoms with Crippen molar-refractivity contribution in [3.05, 3.63) is 42.0 Å². The molecule has 0 atom stereocenters. The Hall–Kier alpha value is -1.57. The van der Waals surface area contributed by atoms with Crippen LogP contribution in [0.2, 0.25) is 0 Å². The lowest BCUT2D eigenvalue weighted by Gasteiger charge is -2.25. The molecule has 2 rings (SSSR count). The summed E-state index contributed by atoms with van der Waals surface area (Å²) < 4.78 is 0. The molecule has 17 heavy (non-hydrogen) atoms. The maximum atomic E-state index is 12.0. The third-order valence-electron chi connectivity index (χ3n) is 3.24. The van der Waals surface area contributed by atoms with Crippen molar-refractivity contribution in [2.75, 3.05) is 13.1 Å². The van der Waals surface area contributed by atoms with Crippen LogP contribution in [0.5, 0.6) is 0 Å². The molecule has 1 heterocycles. The van der Waals surface area contributed by atoms with Crippen molar-refractivity contribution in [3.63, 3.8) is 0 Å². The standard InChI is InChI=1S/C15H19NO/c1-13(14-8-4-2-5-9-14)12-15(17)16-10-6-3-7-11-16/h2,4-5,8-9,12H,3,6-7,10-11H2,1H3/b13-12+. The van der Waals surface area contributed by atoms with Crippen molar-refractivity contribution < 1.29 is 4.79 Å². The first-order chi connectivity index (χ1) is 8.27. The van der Waals surface area contributed by atoms with Crippen molar-refractivity contribution >= 4 is 11.5 Å². The van der Waals surface area contributed by atoms with E-state index in [1.54, 1.807) is 6.08 Å². The number of carbonyl (C=O) groups excluding carboxylic acids is 1. The predicted octanol–water partition coefficient (Wildman–Crippen LogP) is 3.10. The van der Waals surface area contributed by atoms with E-state index in [4.69, 9.17) is 0 Å². The summed E-state index contributed by atoms with van der Waals surface area (Å²) in [7, 11) is 0. The molecule has 0 unspecified atom stereocenters. The number of hydrogen-bond donors (Lipinski definition) is 0. The van der Waals surface area contributed by atoms with Gasteiger partial charge in [-0.3, -0.25) is 4.79 Å².